The number of nitrogens with two attached hydrogens (primary N) is 1. The fraction of sp³-hybridized carbons (Fsp3) is 0.647. The molecule has 1 aliphatic carbocycles. The number of phenols is 1. The predicted octanol–water partition coefficient (Wildman–Crippen LogP) is 2.79. The number of halogens is 1. The summed E-state index contributed by atoms with van der Waals surface area (Å²) in [5.41, 5.74) is 8.87. The number of rotatable bonds is 6. The smallest absolute Gasteiger partial charge is 0.115 e. The van der Waals surface area contributed by atoms with Crippen molar-refractivity contribution in [3.63, 3.8) is 0 Å². The minimum atomic E-state index is -0.135. The lowest BCUT2D eigenvalue weighted by atomic mass is 9.63. The summed E-state index contributed by atoms with van der Waals surface area (Å²) >= 11 is 0. The van der Waals surface area contributed by atoms with E-state index in [1.807, 2.05) is 12.1 Å². The predicted molar refractivity (Wildman–Crippen MR) is 90.9 cm³/mol. The molecule has 22 heavy (non-hydrogen) atoms. The first kappa shape index (κ1) is 19.2. The highest BCUT2D eigenvalue weighted by molar-refractivity contribution is 5.85. The molecule has 0 fully saturated rings. The number of ether oxygens (including phenoxy) is 2. The van der Waals surface area contributed by atoms with Gasteiger partial charge in [0, 0.05) is 25.0 Å². The zero-order chi connectivity index (χ0) is 15.5. The lowest BCUT2D eigenvalue weighted by Crippen LogP contribution is -2.57. The van der Waals surface area contributed by atoms with Gasteiger partial charge in [-0.15, -0.1) is 12.4 Å². The van der Waals surface area contributed by atoms with E-state index in [1.165, 1.54) is 11.1 Å². The Labute approximate surface area is 139 Å². The average molecular weight is 330 g/mol. The zero-order valence-electron chi connectivity index (χ0n) is 13.7. The average Bonchev–Trinajstić information content (AvgIpc) is 2.49. The lowest BCUT2D eigenvalue weighted by molar-refractivity contribution is -0.0173. The van der Waals surface area contributed by atoms with Gasteiger partial charge in [-0.3, -0.25) is 0 Å². The van der Waals surface area contributed by atoms with E-state index in [2.05, 4.69) is 13.8 Å². The van der Waals surface area contributed by atoms with Gasteiger partial charge < -0.3 is 20.3 Å². The fourth-order valence-corrected chi connectivity index (χ4v) is 3.63. The van der Waals surface area contributed by atoms with Crippen LogP contribution >= 0.6 is 12.4 Å². The summed E-state index contributed by atoms with van der Waals surface area (Å²) in [4.78, 5) is 0. The first-order chi connectivity index (χ1) is 10.1. The molecule has 0 aromatic heterocycles. The molecule has 0 amide bonds. The molecule has 2 unspecified atom stereocenters. The number of fused-ring (bicyclic) bond motifs is 1. The summed E-state index contributed by atoms with van der Waals surface area (Å²) in [6.07, 6.45) is 2.66. The Hall–Kier alpha value is -0.810. The van der Waals surface area contributed by atoms with Gasteiger partial charge in [0.15, 0.2) is 0 Å². The van der Waals surface area contributed by atoms with E-state index in [4.69, 9.17) is 15.2 Å². The van der Waals surface area contributed by atoms with Crippen molar-refractivity contribution >= 4 is 12.4 Å². The molecule has 3 N–H and O–H groups in total. The van der Waals surface area contributed by atoms with E-state index in [1.54, 1.807) is 13.2 Å². The van der Waals surface area contributed by atoms with Gasteiger partial charge in [0.05, 0.1) is 19.3 Å². The number of phenolic OH excluding ortho intramolecular Hbond substituents is 1. The highest BCUT2D eigenvalue weighted by Crippen LogP contribution is 2.43. The summed E-state index contributed by atoms with van der Waals surface area (Å²) in [7, 11) is 1.67. The molecular formula is C17H28ClNO3. The van der Waals surface area contributed by atoms with Gasteiger partial charge in [0.2, 0.25) is 0 Å². The topological polar surface area (TPSA) is 64.7 Å². The van der Waals surface area contributed by atoms with Crippen molar-refractivity contribution < 1.29 is 14.6 Å². The maximum absolute atomic E-state index is 9.85. The first-order valence-corrected chi connectivity index (χ1v) is 7.77. The first-order valence-electron chi connectivity index (χ1n) is 7.77. The van der Waals surface area contributed by atoms with Gasteiger partial charge in [-0.05, 0) is 36.1 Å². The van der Waals surface area contributed by atoms with E-state index in [-0.39, 0.29) is 30.0 Å². The molecule has 126 valence electrons. The summed E-state index contributed by atoms with van der Waals surface area (Å²) < 4.78 is 11.0. The summed E-state index contributed by atoms with van der Waals surface area (Å²) in [5, 5.41) is 9.85. The van der Waals surface area contributed by atoms with Crippen LogP contribution in [0.1, 0.15) is 37.8 Å². The van der Waals surface area contributed by atoms with Crippen LogP contribution in [0.4, 0.5) is 0 Å². The van der Waals surface area contributed by atoms with E-state index in [9.17, 15) is 5.11 Å². The quantitative estimate of drug-likeness (QED) is 0.788. The fourth-order valence-electron chi connectivity index (χ4n) is 3.63. The van der Waals surface area contributed by atoms with Crippen LogP contribution in [0.15, 0.2) is 18.2 Å². The highest BCUT2D eigenvalue weighted by atomic mass is 35.5. The number of hydrogen-bond acceptors (Lipinski definition) is 4. The van der Waals surface area contributed by atoms with Crippen molar-refractivity contribution in [2.24, 2.45) is 5.73 Å². The summed E-state index contributed by atoms with van der Waals surface area (Å²) in [6, 6.07) is 5.56. The molecule has 2 rings (SSSR count). The third-order valence-electron chi connectivity index (χ3n) is 4.97. The summed E-state index contributed by atoms with van der Waals surface area (Å²) in [6.45, 7) is 5.46. The molecule has 0 bridgehead atoms. The van der Waals surface area contributed by atoms with Crippen molar-refractivity contribution in [1.82, 2.24) is 0 Å². The number of benzene rings is 1. The normalized spacial score (nSPS) is 22.7. The van der Waals surface area contributed by atoms with Crippen molar-refractivity contribution in [3.8, 4) is 5.75 Å². The largest absolute Gasteiger partial charge is 0.508 e. The molecule has 0 radical (unpaired) electrons. The van der Waals surface area contributed by atoms with Gasteiger partial charge in [-0.25, -0.2) is 0 Å². The molecule has 5 heteroatoms. The van der Waals surface area contributed by atoms with Crippen LogP contribution in [0.3, 0.4) is 0 Å². The Balaban J connectivity index is 0.00000242. The standard InChI is InChI=1S/C17H27NO3.ClH/c1-4-17(5-2)14-11-13(19)7-6-12(14)10-15(16(17)18)21-9-8-20-3;/h6-7,11,15-16,19H,4-5,8-10,18H2,1-3H3;1H. The molecule has 0 saturated carbocycles. The van der Waals surface area contributed by atoms with Crippen LogP contribution in [0.2, 0.25) is 0 Å². The van der Waals surface area contributed by atoms with E-state index in [0.29, 0.717) is 19.0 Å². The van der Waals surface area contributed by atoms with Crippen molar-refractivity contribution in [3.05, 3.63) is 29.3 Å². The van der Waals surface area contributed by atoms with Crippen LogP contribution in [-0.4, -0.2) is 37.6 Å². The van der Waals surface area contributed by atoms with Crippen LogP contribution < -0.4 is 5.73 Å². The maximum Gasteiger partial charge on any atom is 0.115 e. The molecule has 2 atom stereocenters. The van der Waals surface area contributed by atoms with E-state index in [0.717, 1.165) is 19.3 Å². The molecule has 0 saturated heterocycles. The monoisotopic (exact) mass is 329 g/mol. The second-order valence-corrected chi connectivity index (χ2v) is 5.84. The maximum atomic E-state index is 9.85. The van der Waals surface area contributed by atoms with Gasteiger partial charge in [0.1, 0.15) is 5.75 Å². The Morgan fingerprint density at radius 3 is 2.55 bits per heavy atom. The number of methoxy groups -OCH3 is 1. The lowest BCUT2D eigenvalue weighted by Gasteiger charge is -2.47. The van der Waals surface area contributed by atoms with Crippen molar-refractivity contribution in [2.45, 2.75) is 50.7 Å². The van der Waals surface area contributed by atoms with Gasteiger partial charge >= 0.3 is 0 Å². The molecule has 4 nitrogen and oxygen atoms in total. The second-order valence-electron chi connectivity index (χ2n) is 5.84. The molecule has 1 aromatic carbocycles. The number of aromatic hydroxyl groups is 1. The van der Waals surface area contributed by atoms with Gasteiger partial charge in [-0.1, -0.05) is 19.9 Å². The Morgan fingerprint density at radius 1 is 1.27 bits per heavy atom. The van der Waals surface area contributed by atoms with Crippen LogP contribution in [0, 0.1) is 0 Å². The van der Waals surface area contributed by atoms with Crippen molar-refractivity contribution in [1.29, 1.82) is 0 Å². The third kappa shape index (κ3) is 3.40. The molecular weight excluding hydrogens is 302 g/mol. The Kier molecular flexibility index (Phi) is 7.13. The Morgan fingerprint density at radius 2 is 1.95 bits per heavy atom. The second kappa shape index (κ2) is 8.16. The number of hydrogen-bond donors (Lipinski definition) is 2. The van der Waals surface area contributed by atoms with Gasteiger partial charge in [0.25, 0.3) is 0 Å². The third-order valence-corrected chi connectivity index (χ3v) is 4.97. The summed E-state index contributed by atoms with van der Waals surface area (Å²) in [5.74, 6) is 0.311. The molecule has 1 aliphatic rings. The SMILES string of the molecule is CCC1(CC)c2cc(O)ccc2CC(OCCOC)C1N.Cl. The highest BCUT2D eigenvalue weighted by Gasteiger charge is 2.45. The molecule has 0 aliphatic heterocycles. The van der Waals surface area contributed by atoms with Crippen LogP contribution in [0.25, 0.3) is 0 Å². The molecule has 0 heterocycles. The minimum Gasteiger partial charge on any atom is -0.508 e. The van der Waals surface area contributed by atoms with E-state index >= 15 is 0 Å². The Bertz CT molecular complexity index is 477. The van der Waals surface area contributed by atoms with E-state index < -0.39 is 0 Å². The minimum absolute atomic E-state index is 0. The molecule has 1 aromatic rings. The van der Waals surface area contributed by atoms with Crippen LogP contribution in [-0.2, 0) is 21.3 Å². The van der Waals surface area contributed by atoms with Crippen molar-refractivity contribution in [2.75, 3.05) is 20.3 Å². The zero-order valence-corrected chi connectivity index (χ0v) is 14.5. The van der Waals surface area contributed by atoms with Gasteiger partial charge in [-0.2, -0.15) is 0 Å². The molecule has 0 spiro atoms. The van der Waals surface area contributed by atoms with Crippen LogP contribution in [0.5, 0.6) is 5.75 Å².